The van der Waals surface area contributed by atoms with Gasteiger partial charge in [0.1, 0.15) is 11.5 Å². The molecule has 5 heteroatoms. The van der Waals surface area contributed by atoms with Crippen LogP contribution in [0.1, 0.15) is 18.5 Å². The summed E-state index contributed by atoms with van der Waals surface area (Å²) in [5.74, 6) is 1.10. The molecule has 0 saturated carbocycles. The molecule has 2 rings (SSSR count). The third kappa shape index (κ3) is 2.93. The number of hydrogen-bond donors (Lipinski definition) is 3. The van der Waals surface area contributed by atoms with Crippen molar-refractivity contribution in [2.45, 2.75) is 13.0 Å². The Morgan fingerprint density at radius 2 is 1.95 bits per heavy atom. The molecule has 0 bridgehead atoms. The second-order valence-corrected chi connectivity index (χ2v) is 4.88. The molecule has 1 atom stereocenters. The molecule has 106 valence electrons. The van der Waals surface area contributed by atoms with Gasteiger partial charge in [-0.25, -0.2) is 4.98 Å². The summed E-state index contributed by atoms with van der Waals surface area (Å²) in [6.45, 7) is 1.92. The molecule has 3 N–H and O–H groups in total. The van der Waals surface area contributed by atoms with Crippen molar-refractivity contribution in [2.75, 3.05) is 24.3 Å². The van der Waals surface area contributed by atoms with Crippen molar-refractivity contribution in [2.24, 2.45) is 0 Å². The average Bonchev–Trinajstić information content (AvgIpc) is 2.41. The van der Waals surface area contributed by atoms with Crippen LogP contribution in [-0.2, 0) is 0 Å². The lowest BCUT2D eigenvalue weighted by Gasteiger charge is -2.21. The highest BCUT2D eigenvalue weighted by atomic mass is 16.3. The minimum atomic E-state index is -0.162. The van der Waals surface area contributed by atoms with E-state index in [0.29, 0.717) is 5.56 Å². The first-order valence-corrected chi connectivity index (χ1v) is 6.40. The molecule has 1 aromatic heterocycles. The SMILES string of the molecule is CC(Nc1cccnc1N(C)C)c1cc(O)ccc1O. The van der Waals surface area contributed by atoms with Crippen molar-refractivity contribution in [1.29, 1.82) is 0 Å². The lowest BCUT2D eigenvalue weighted by atomic mass is 10.1. The van der Waals surface area contributed by atoms with Gasteiger partial charge in [-0.1, -0.05) is 0 Å². The van der Waals surface area contributed by atoms with Crippen molar-refractivity contribution in [3.05, 3.63) is 42.1 Å². The lowest BCUT2D eigenvalue weighted by Crippen LogP contribution is -2.15. The first-order valence-electron chi connectivity index (χ1n) is 6.40. The van der Waals surface area contributed by atoms with Gasteiger partial charge in [0.15, 0.2) is 5.82 Å². The van der Waals surface area contributed by atoms with E-state index in [0.717, 1.165) is 11.5 Å². The van der Waals surface area contributed by atoms with Gasteiger partial charge in [-0.3, -0.25) is 0 Å². The highest BCUT2D eigenvalue weighted by molar-refractivity contribution is 5.65. The van der Waals surface area contributed by atoms with Gasteiger partial charge >= 0.3 is 0 Å². The summed E-state index contributed by atoms with van der Waals surface area (Å²) in [5, 5.41) is 22.7. The molecular weight excluding hydrogens is 254 g/mol. The highest BCUT2D eigenvalue weighted by Crippen LogP contribution is 2.31. The number of phenols is 2. The summed E-state index contributed by atoms with van der Waals surface area (Å²) >= 11 is 0. The molecule has 1 aromatic carbocycles. The molecule has 1 heterocycles. The average molecular weight is 273 g/mol. The first kappa shape index (κ1) is 14.0. The third-order valence-corrected chi connectivity index (χ3v) is 3.06. The van der Waals surface area contributed by atoms with Crippen LogP contribution in [0, 0.1) is 0 Å². The Morgan fingerprint density at radius 1 is 1.20 bits per heavy atom. The number of pyridine rings is 1. The Kier molecular flexibility index (Phi) is 3.98. The molecule has 0 spiro atoms. The Bertz CT molecular complexity index is 599. The van der Waals surface area contributed by atoms with Crippen LogP contribution in [0.4, 0.5) is 11.5 Å². The number of aromatic hydroxyl groups is 2. The van der Waals surface area contributed by atoms with E-state index >= 15 is 0 Å². The van der Waals surface area contributed by atoms with E-state index in [1.54, 1.807) is 12.3 Å². The monoisotopic (exact) mass is 273 g/mol. The molecule has 5 nitrogen and oxygen atoms in total. The standard InChI is InChI=1S/C15H19N3O2/c1-10(12-9-11(19)6-7-14(12)20)17-13-5-4-8-16-15(13)18(2)3/h4-10,17,19-20H,1-3H3. The van der Waals surface area contributed by atoms with E-state index in [2.05, 4.69) is 10.3 Å². The number of nitrogens with zero attached hydrogens (tertiary/aromatic N) is 2. The fraction of sp³-hybridized carbons (Fsp3) is 0.267. The maximum absolute atomic E-state index is 9.88. The number of benzene rings is 1. The molecule has 1 unspecified atom stereocenters. The predicted molar refractivity (Wildman–Crippen MR) is 80.4 cm³/mol. The lowest BCUT2D eigenvalue weighted by molar-refractivity contribution is 0.451. The Labute approximate surface area is 118 Å². The Balaban J connectivity index is 2.28. The molecule has 0 saturated heterocycles. The van der Waals surface area contributed by atoms with Crippen LogP contribution in [0.2, 0.25) is 0 Å². The zero-order chi connectivity index (χ0) is 14.7. The summed E-state index contributed by atoms with van der Waals surface area (Å²) < 4.78 is 0. The summed E-state index contributed by atoms with van der Waals surface area (Å²) in [6, 6.07) is 8.12. The van der Waals surface area contributed by atoms with Crippen molar-refractivity contribution < 1.29 is 10.2 Å². The van der Waals surface area contributed by atoms with Crippen molar-refractivity contribution in [1.82, 2.24) is 4.98 Å². The summed E-state index contributed by atoms with van der Waals surface area (Å²) in [6.07, 6.45) is 1.73. The molecule has 0 aliphatic carbocycles. The first-order chi connectivity index (χ1) is 9.49. The predicted octanol–water partition coefficient (Wildman–Crippen LogP) is 2.73. The molecule has 0 radical (unpaired) electrons. The third-order valence-electron chi connectivity index (χ3n) is 3.06. The van der Waals surface area contributed by atoms with Gasteiger partial charge in [0.2, 0.25) is 0 Å². The maximum Gasteiger partial charge on any atom is 0.151 e. The molecule has 0 amide bonds. The van der Waals surface area contributed by atoms with Gasteiger partial charge in [0.25, 0.3) is 0 Å². The van der Waals surface area contributed by atoms with E-state index in [1.807, 2.05) is 38.1 Å². The number of rotatable bonds is 4. The number of nitrogens with one attached hydrogen (secondary N) is 1. The number of phenolic OH excluding ortho intramolecular Hbond substituents is 2. The molecule has 0 aliphatic heterocycles. The van der Waals surface area contributed by atoms with Gasteiger partial charge in [0.05, 0.1) is 11.7 Å². The largest absolute Gasteiger partial charge is 0.508 e. The van der Waals surface area contributed by atoms with E-state index < -0.39 is 0 Å². The number of hydrogen-bond acceptors (Lipinski definition) is 5. The van der Waals surface area contributed by atoms with Crippen LogP contribution in [0.3, 0.4) is 0 Å². The van der Waals surface area contributed by atoms with Gasteiger partial charge in [-0.05, 0) is 37.3 Å². The van der Waals surface area contributed by atoms with E-state index in [1.165, 1.54) is 12.1 Å². The minimum Gasteiger partial charge on any atom is -0.508 e. The zero-order valence-corrected chi connectivity index (χ0v) is 11.8. The summed E-state index contributed by atoms with van der Waals surface area (Å²) in [4.78, 5) is 6.23. The number of aromatic nitrogens is 1. The second-order valence-electron chi connectivity index (χ2n) is 4.88. The van der Waals surface area contributed by atoms with Crippen LogP contribution in [0.15, 0.2) is 36.5 Å². The normalized spacial score (nSPS) is 11.9. The second kappa shape index (κ2) is 5.69. The quantitative estimate of drug-likeness (QED) is 0.747. The maximum atomic E-state index is 9.88. The molecule has 20 heavy (non-hydrogen) atoms. The van der Waals surface area contributed by atoms with E-state index in [4.69, 9.17) is 0 Å². The smallest absolute Gasteiger partial charge is 0.151 e. The van der Waals surface area contributed by atoms with Crippen LogP contribution >= 0.6 is 0 Å². The topological polar surface area (TPSA) is 68.6 Å². The molecule has 0 aliphatic rings. The van der Waals surface area contributed by atoms with Crippen LogP contribution < -0.4 is 10.2 Å². The van der Waals surface area contributed by atoms with Gasteiger partial charge < -0.3 is 20.4 Å². The van der Waals surface area contributed by atoms with Gasteiger partial charge in [-0.2, -0.15) is 0 Å². The number of anilines is 2. The van der Waals surface area contributed by atoms with Crippen molar-refractivity contribution in [3.63, 3.8) is 0 Å². The Morgan fingerprint density at radius 3 is 2.65 bits per heavy atom. The molecular formula is C15H19N3O2. The molecule has 0 fully saturated rings. The van der Waals surface area contributed by atoms with E-state index in [-0.39, 0.29) is 17.5 Å². The van der Waals surface area contributed by atoms with Crippen LogP contribution in [0.25, 0.3) is 0 Å². The van der Waals surface area contributed by atoms with E-state index in [9.17, 15) is 10.2 Å². The molecule has 2 aromatic rings. The minimum absolute atomic E-state index is 0.130. The van der Waals surface area contributed by atoms with Gasteiger partial charge in [0, 0.05) is 25.9 Å². The van der Waals surface area contributed by atoms with Crippen molar-refractivity contribution >= 4 is 11.5 Å². The highest BCUT2D eigenvalue weighted by Gasteiger charge is 2.14. The zero-order valence-electron chi connectivity index (χ0n) is 11.8. The fourth-order valence-electron chi connectivity index (χ4n) is 2.07. The van der Waals surface area contributed by atoms with Gasteiger partial charge in [-0.15, -0.1) is 0 Å². The fourth-order valence-corrected chi connectivity index (χ4v) is 2.07. The summed E-state index contributed by atoms with van der Waals surface area (Å²) in [5.41, 5.74) is 1.51. The van der Waals surface area contributed by atoms with Crippen LogP contribution in [0.5, 0.6) is 11.5 Å². The van der Waals surface area contributed by atoms with Crippen molar-refractivity contribution in [3.8, 4) is 11.5 Å². The summed E-state index contributed by atoms with van der Waals surface area (Å²) in [7, 11) is 3.84. The Hall–Kier alpha value is -2.43. The van der Waals surface area contributed by atoms with Crippen LogP contribution in [-0.4, -0.2) is 29.3 Å².